The lowest BCUT2D eigenvalue weighted by molar-refractivity contribution is 0.0680. The lowest BCUT2D eigenvalue weighted by Crippen LogP contribution is -2.35. The minimum Gasteiger partial charge on any atom is -0.383 e. The number of hydrogen-bond donors (Lipinski definition) is 1. The van der Waals surface area contributed by atoms with E-state index in [1.165, 1.54) is 0 Å². The fourth-order valence-electron chi connectivity index (χ4n) is 2.23. The topological polar surface area (TPSA) is 55.6 Å². The standard InChI is InChI=1S/C17H22N2O2/c1-13-5-6-15(12-14(13)4-3-9-18)17(20)19(10-11-21-2)16-7-8-16/h5-6,12,16H,7-11,18H2,1-2H3. The van der Waals surface area contributed by atoms with Crippen molar-refractivity contribution < 1.29 is 9.53 Å². The lowest BCUT2D eigenvalue weighted by atomic mass is 10.0. The van der Waals surface area contributed by atoms with Gasteiger partial charge < -0.3 is 15.4 Å². The third-order valence-corrected chi connectivity index (χ3v) is 3.59. The Bertz CT molecular complexity index is 568. The average Bonchev–Trinajstić information content (AvgIpc) is 3.31. The van der Waals surface area contributed by atoms with Crippen LogP contribution in [0.1, 0.15) is 34.3 Å². The van der Waals surface area contributed by atoms with Crippen LogP contribution in [0.5, 0.6) is 0 Å². The maximum Gasteiger partial charge on any atom is 0.254 e. The predicted molar refractivity (Wildman–Crippen MR) is 83.0 cm³/mol. The number of benzene rings is 1. The molecular weight excluding hydrogens is 264 g/mol. The molecule has 0 aliphatic heterocycles. The first kappa shape index (κ1) is 15.6. The lowest BCUT2D eigenvalue weighted by Gasteiger charge is -2.22. The van der Waals surface area contributed by atoms with E-state index in [0.717, 1.165) is 24.0 Å². The fourth-order valence-corrected chi connectivity index (χ4v) is 2.23. The summed E-state index contributed by atoms with van der Waals surface area (Å²) in [4.78, 5) is 14.6. The van der Waals surface area contributed by atoms with Gasteiger partial charge in [0.15, 0.2) is 0 Å². The number of carbonyl (C=O) groups excluding carboxylic acids is 1. The number of amides is 1. The predicted octanol–water partition coefficient (Wildman–Crippen LogP) is 1.56. The number of carbonyl (C=O) groups is 1. The molecule has 112 valence electrons. The summed E-state index contributed by atoms with van der Waals surface area (Å²) in [5.41, 5.74) is 8.02. The second-order valence-electron chi connectivity index (χ2n) is 5.26. The van der Waals surface area contributed by atoms with Crippen LogP contribution < -0.4 is 5.73 Å². The molecule has 0 spiro atoms. The molecule has 1 aromatic carbocycles. The molecular formula is C17H22N2O2. The van der Waals surface area contributed by atoms with Gasteiger partial charge in [-0.1, -0.05) is 17.9 Å². The molecule has 1 aliphatic carbocycles. The Morgan fingerprint density at radius 3 is 2.86 bits per heavy atom. The molecule has 0 unspecified atom stereocenters. The van der Waals surface area contributed by atoms with Crippen molar-refractivity contribution in [2.75, 3.05) is 26.8 Å². The summed E-state index contributed by atoms with van der Waals surface area (Å²) >= 11 is 0. The van der Waals surface area contributed by atoms with Crippen molar-refractivity contribution >= 4 is 5.91 Å². The third kappa shape index (κ3) is 4.07. The molecule has 4 nitrogen and oxygen atoms in total. The summed E-state index contributed by atoms with van der Waals surface area (Å²) in [6, 6.07) is 6.04. The van der Waals surface area contributed by atoms with E-state index in [4.69, 9.17) is 10.5 Å². The minimum atomic E-state index is 0.0605. The van der Waals surface area contributed by atoms with Gasteiger partial charge in [0.1, 0.15) is 0 Å². The quantitative estimate of drug-likeness (QED) is 0.836. The highest BCUT2D eigenvalue weighted by Crippen LogP contribution is 2.28. The summed E-state index contributed by atoms with van der Waals surface area (Å²) in [5, 5.41) is 0. The Labute approximate surface area is 126 Å². The number of rotatable bonds is 5. The largest absolute Gasteiger partial charge is 0.383 e. The van der Waals surface area contributed by atoms with Gasteiger partial charge in [-0.05, 0) is 37.5 Å². The number of nitrogens with zero attached hydrogens (tertiary/aromatic N) is 1. The second-order valence-corrected chi connectivity index (χ2v) is 5.26. The summed E-state index contributed by atoms with van der Waals surface area (Å²) in [6.07, 6.45) is 2.17. The van der Waals surface area contributed by atoms with Crippen molar-refractivity contribution in [2.24, 2.45) is 5.73 Å². The molecule has 1 aliphatic rings. The van der Waals surface area contributed by atoms with Gasteiger partial charge in [0.2, 0.25) is 0 Å². The number of ether oxygens (including phenoxy) is 1. The molecule has 2 N–H and O–H groups in total. The SMILES string of the molecule is COCCN(C(=O)c1ccc(C)c(C#CCN)c1)C1CC1. The number of hydrogen-bond acceptors (Lipinski definition) is 3. The van der Waals surface area contributed by atoms with E-state index < -0.39 is 0 Å². The highest BCUT2D eigenvalue weighted by atomic mass is 16.5. The Morgan fingerprint density at radius 2 is 2.24 bits per heavy atom. The molecule has 21 heavy (non-hydrogen) atoms. The average molecular weight is 286 g/mol. The van der Waals surface area contributed by atoms with Crippen molar-refractivity contribution in [3.05, 3.63) is 34.9 Å². The van der Waals surface area contributed by atoms with Crippen LogP contribution in [0.25, 0.3) is 0 Å². The van der Waals surface area contributed by atoms with E-state index in [-0.39, 0.29) is 5.91 Å². The van der Waals surface area contributed by atoms with E-state index in [1.54, 1.807) is 7.11 Å². The van der Waals surface area contributed by atoms with E-state index in [9.17, 15) is 4.79 Å². The van der Waals surface area contributed by atoms with Gasteiger partial charge in [-0.25, -0.2) is 0 Å². The molecule has 4 heteroatoms. The molecule has 1 amide bonds. The van der Waals surface area contributed by atoms with Crippen molar-refractivity contribution in [1.29, 1.82) is 0 Å². The first-order valence-electron chi connectivity index (χ1n) is 7.27. The Balaban J connectivity index is 2.20. The molecule has 0 aromatic heterocycles. The highest BCUT2D eigenvalue weighted by molar-refractivity contribution is 5.95. The Kier molecular flexibility index (Phi) is 5.38. The zero-order valence-corrected chi connectivity index (χ0v) is 12.7. The minimum absolute atomic E-state index is 0.0605. The summed E-state index contributed by atoms with van der Waals surface area (Å²) in [5.74, 6) is 5.93. The molecule has 1 fully saturated rings. The zero-order valence-electron chi connectivity index (χ0n) is 12.7. The van der Waals surface area contributed by atoms with E-state index in [1.807, 2.05) is 30.0 Å². The Hall–Kier alpha value is -1.83. The van der Waals surface area contributed by atoms with Crippen molar-refractivity contribution in [1.82, 2.24) is 4.90 Å². The maximum absolute atomic E-state index is 12.7. The van der Waals surface area contributed by atoms with E-state index in [0.29, 0.717) is 31.3 Å². The van der Waals surface area contributed by atoms with Crippen molar-refractivity contribution in [3.8, 4) is 11.8 Å². The molecule has 0 bridgehead atoms. The number of methoxy groups -OCH3 is 1. The number of aryl methyl sites for hydroxylation is 1. The molecule has 1 saturated carbocycles. The molecule has 0 atom stereocenters. The highest BCUT2D eigenvalue weighted by Gasteiger charge is 2.32. The summed E-state index contributed by atoms with van der Waals surface area (Å²) < 4.78 is 5.10. The second kappa shape index (κ2) is 7.26. The van der Waals surface area contributed by atoms with Crippen molar-refractivity contribution in [2.45, 2.75) is 25.8 Å². The van der Waals surface area contributed by atoms with Gasteiger partial charge in [0, 0.05) is 30.8 Å². The first-order chi connectivity index (χ1) is 10.2. The normalized spacial score (nSPS) is 13.5. The third-order valence-electron chi connectivity index (χ3n) is 3.59. The van der Waals surface area contributed by atoms with Crippen LogP contribution in [-0.4, -0.2) is 43.7 Å². The molecule has 0 heterocycles. The van der Waals surface area contributed by atoms with Crippen molar-refractivity contribution in [3.63, 3.8) is 0 Å². The number of nitrogens with two attached hydrogens (primary N) is 1. The van der Waals surface area contributed by atoms with Gasteiger partial charge in [0.25, 0.3) is 5.91 Å². The van der Waals surface area contributed by atoms with E-state index in [2.05, 4.69) is 11.8 Å². The van der Waals surface area contributed by atoms with Crippen LogP contribution in [0.15, 0.2) is 18.2 Å². The van der Waals surface area contributed by atoms with Gasteiger partial charge in [-0.2, -0.15) is 0 Å². The van der Waals surface area contributed by atoms with Crippen LogP contribution in [-0.2, 0) is 4.74 Å². The Morgan fingerprint density at radius 1 is 1.48 bits per heavy atom. The maximum atomic E-state index is 12.7. The van der Waals surface area contributed by atoms with Crippen LogP contribution in [0, 0.1) is 18.8 Å². The molecule has 0 radical (unpaired) electrons. The summed E-state index contributed by atoms with van der Waals surface area (Å²) in [6.45, 7) is 3.50. The first-order valence-corrected chi connectivity index (χ1v) is 7.27. The summed E-state index contributed by atoms with van der Waals surface area (Å²) in [7, 11) is 1.65. The van der Waals surface area contributed by atoms with Gasteiger partial charge in [-0.15, -0.1) is 0 Å². The smallest absolute Gasteiger partial charge is 0.254 e. The molecule has 0 saturated heterocycles. The zero-order chi connectivity index (χ0) is 15.2. The van der Waals surface area contributed by atoms with Crippen LogP contribution >= 0.6 is 0 Å². The molecule has 2 rings (SSSR count). The van der Waals surface area contributed by atoms with Crippen LogP contribution in [0.3, 0.4) is 0 Å². The van der Waals surface area contributed by atoms with Gasteiger partial charge in [-0.3, -0.25) is 4.79 Å². The van der Waals surface area contributed by atoms with Crippen LogP contribution in [0.2, 0.25) is 0 Å². The van der Waals surface area contributed by atoms with Gasteiger partial charge in [0.05, 0.1) is 13.2 Å². The van der Waals surface area contributed by atoms with Gasteiger partial charge >= 0.3 is 0 Å². The fraction of sp³-hybridized carbons (Fsp3) is 0.471. The monoisotopic (exact) mass is 286 g/mol. The molecule has 1 aromatic rings. The van der Waals surface area contributed by atoms with Crippen LogP contribution in [0.4, 0.5) is 0 Å². The van der Waals surface area contributed by atoms with E-state index >= 15 is 0 Å².